The molecule has 82 valence electrons. The third-order valence-electron chi connectivity index (χ3n) is 2.55. The molecule has 2 aromatic rings. The molecule has 0 spiro atoms. The average Bonchev–Trinajstić information content (AvgIpc) is 2.27. The molecule has 16 heavy (non-hydrogen) atoms. The summed E-state index contributed by atoms with van der Waals surface area (Å²) in [5, 5.41) is 37.9. The highest BCUT2D eigenvalue weighted by atomic mass is 16.5. The molecule has 0 bridgehead atoms. The maximum atomic E-state index is 9.18. The van der Waals surface area contributed by atoms with Crippen molar-refractivity contribution in [2.24, 2.45) is 0 Å². The van der Waals surface area contributed by atoms with Crippen LogP contribution < -0.4 is 5.46 Å². The van der Waals surface area contributed by atoms with Crippen molar-refractivity contribution in [3.05, 3.63) is 42.0 Å². The second kappa shape index (κ2) is 4.23. The molecule has 0 atom stereocenters. The fourth-order valence-corrected chi connectivity index (χ4v) is 1.81. The summed E-state index contributed by atoms with van der Waals surface area (Å²) in [4.78, 5) is 0. The number of benzene rings is 2. The fourth-order valence-electron chi connectivity index (χ4n) is 1.81. The molecule has 0 saturated carbocycles. The van der Waals surface area contributed by atoms with E-state index in [2.05, 4.69) is 0 Å². The van der Waals surface area contributed by atoms with E-state index in [1.54, 1.807) is 36.4 Å². The van der Waals surface area contributed by atoms with E-state index in [9.17, 15) is 20.3 Å². The number of hydrogen-bond donors (Lipinski definition) is 4. The molecule has 2 aromatic carbocycles. The largest absolute Gasteiger partial charge is 0.489 e. The van der Waals surface area contributed by atoms with Crippen LogP contribution in [0.2, 0.25) is 0 Å². The van der Waals surface area contributed by atoms with Crippen molar-refractivity contribution in [2.45, 2.75) is 6.29 Å². The number of rotatable bonds is 2. The Balaban J connectivity index is 2.76. The summed E-state index contributed by atoms with van der Waals surface area (Å²) >= 11 is 0. The molecule has 2 rings (SSSR count). The van der Waals surface area contributed by atoms with Crippen molar-refractivity contribution >= 4 is 23.4 Å². The lowest BCUT2D eigenvalue weighted by atomic mass is 9.77. The lowest BCUT2D eigenvalue weighted by Gasteiger charge is -2.11. The molecule has 4 N–H and O–H groups in total. The van der Waals surface area contributed by atoms with Gasteiger partial charge in [-0.2, -0.15) is 0 Å². The summed E-state index contributed by atoms with van der Waals surface area (Å²) in [7, 11) is -1.57. The Morgan fingerprint density at radius 1 is 0.875 bits per heavy atom. The molecule has 0 aliphatic heterocycles. The van der Waals surface area contributed by atoms with Crippen LogP contribution in [0.5, 0.6) is 0 Å². The Bertz CT molecular complexity index is 463. The molecule has 0 aromatic heterocycles. The van der Waals surface area contributed by atoms with Crippen molar-refractivity contribution in [1.82, 2.24) is 0 Å². The van der Waals surface area contributed by atoms with Gasteiger partial charge in [0.25, 0.3) is 0 Å². The van der Waals surface area contributed by atoms with Gasteiger partial charge in [-0.05, 0) is 16.2 Å². The zero-order valence-corrected chi connectivity index (χ0v) is 8.41. The maximum Gasteiger partial charge on any atom is 0.489 e. The number of fused-ring (bicyclic) bond motifs is 1. The lowest BCUT2D eigenvalue weighted by Crippen LogP contribution is -2.30. The number of aliphatic hydroxyl groups excluding tert-OH is 1. The second-order valence-electron chi connectivity index (χ2n) is 3.54. The fraction of sp³-hybridized carbons (Fsp3) is 0.0909. The van der Waals surface area contributed by atoms with E-state index in [4.69, 9.17) is 0 Å². The Morgan fingerprint density at radius 2 is 1.50 bits per heavy atom. The van der Waals surface area contributed by atoms with Gasteiger partial charge < -0.3 is 20.3 Å². The Labute approximate surface area is 92.5 Å². The van der Waals surface area contributed by atoms with E-state index in [1.807, 2.05) is 0 Å². The normalized spacial score (nSPS) is 11.1. The highest BCUT2D eigenvalue weighted by Crippen LogP contribution is 2.21. The summed E-state index contributed by atoms with van der Waals surface area (Å²) in [5.41, 5.74) is 0.694. The van der Waals surface area contributed by atoms with Crippen LogP contribution in [-0.4, -0.2) is 27.4 Å². The minimum Gasteiger partial charge on any atom is -0.423 e. The van der Waals surface area contributed by atoms with Crippen LogP contribution in [0.15, 0.2) is 36.4 Å². The lowest BCUT2D eigenvalue weighted by molar-refractivity contribution is -0.0413. The summed E-state index contributed by atoms with van der Waals surface area (Å²) in [6, 6.07) is 9.86. The summed E-state index contributed by atoms with van der Waals surface area (Å²) in [6.45, 7) is 0. The van der Waals surface area contributed by atoms with Crippen molar-refractivity contribution in [2.75, 3.05) is 0 Å². The SMILES string of the molecule is OB(O)c1cccc2c(C(O)O)cccc12. The van der Waals surface area contributed by atoms with E-state index in [0.717, 1.165) is 0 Å². The first kappa shape index (κ1) is 11.1. The third-order valence-corrected chi connectivity index (χ3v) is 2.55. The Morgan fingerprint density at radius 3 is 2.12 bits per heavy atom. The van der Waals surface area contributed by atoms with Crippen LogP contribution in [0.3, 0.4) is 0 Å². The molecule has 0 radical (unpaired) electrons. The molecule has 0 fully saturated rings. The molecule has 0 aliphatic rings. The molecule has 0 aliphatic carbocycles. The van der Waals surface area contributed by atoms with Crippen LogP contribution in [0.1, 0.15) is 11.9 Å². The van der Waals surface area contributed by atoms with Gasteiger partial charge in [0.1, 0.15) is 0 Å². The molecule has 4 nitrogen and oxygen atoms in total. The standard InChI is InChI=1S/C11H11BO4/c13-11(14)9-5-1-4-8-7(9)3-2-6-10(8)12(15)16/h1-6,11,13-16H. The molecular weight excluding hydrogens is 207 g/mol. The van der Waals surface area contributed by atoms with Crippen LogP contribution in [0.25, 0.3) is 10.8 Å². The summed E-state index contributed by atoms with van der Waals surface area (Å²) < 4.78 is 0. The highest BCUT2D eigenvalue weighted by molar-refractivity contribution is 6.62. The van der Waals surface area contributed by atoms with Crippen LogP contribution in [0, 0.1) is 0 Å². The zero-order valence-electron chi connectivity index (χ0n) is 8.41. The quantitative estimate of drug-likeness (QED) is 0.404. The van der Waals surface area contributed by atoms with Crippen LogP contribution in [0.4, 0.5) is 0 Å². The smallest absolute Gasteiger partial charge is 0.423 e. The zero-order chi connectivity index (χ0) is 11.7. The van der Waals surface area contributed by atoms with E-state index in [-0.39, 0.29) is 0 Å². The predicted molar refractivity (Wildman–Crippen MR) is 61.0 cm³/mol. The Hall–Kier alpha value is -1.40. The van der Waals surface area contributed by atoms with Gasteiger partial charge in [0.15, 0.2) is 6.29 Å². The van der Waals surface area contributed by atoms with E-state index >= 15 is 0 Å². The van der Waals surface area contributed by atoms with Gasteiger partial charge in [-0.15, -0.1) is 0 Å². The van der Waals surface area contributed by atoms with Gasteiger partial charge in [0.05, 0.1) is 0 Å². The van der Waals surface area contributed by atoms with Crippen molar-refractivity contribution in [3.63, 3.8) is 0 Å². The third kappa shape index (κ3) is 1.81. The molecule has 0 heterocycles. The molecule has 0 saturated heterocycles. The number of hydrogen-bond acceptors (Lipinski definition) is 4. The maximum absolute atomic E-state index is 9.18. The molecular formula is C11H11BO4. The van der Waals surface area contributed by atoms with Gasteiger partial charge in [-0.3, -0.25) is 0 Å². The summed E-state index contributed by atoms with van der Waals surface area (Å²) in [5.74, 6) is 0. The van der Waals surface area contributed by atoms with Gasteiger partial charge in [0, 0.05) is 5.56 Å². The minimum atomic E-state index is -1.57. The predicted octanol–water partition coefficient (Wildman–Crippen LogP) is -0.497. The molecule has 0 unspecified atom stereocenters. The topological polar surface area (TPSA) is 80.9 Å². The van der Waals surface area contributed by atoms with Gasteiger partial charge in [0.2, 0.25) is 0 Å². The monoisotopic (exact) mass is 218 g/mol. The first-order valence-corrected chi connectivity index (χ1v) is 4.85. The average molecular weight is 218 g/mol. The van der Waals surface area contributed by atoms with Crippen molar-refractivity contribution in [3.8, 4) is 0 Å². The van der Waals surface area contributed by atoms with Crippen molar-refractivity contribution < 1.29 is 20.3 Å². The molecule has 0 amide bonds. The van der Waals surface area contributed by atoms with E-state index < -0.39 is 13.4 Å². The van der Waals surface area contributed by atoms with E-state index in [1.165, 1.54) is 0 Å². The number of aliphatic hydroxyl groups is 2. The van der Waals surface area contributed by atoms with E-state index in [0.29, 0.717) is 21.8 Å². The highest BCUT2D eigenvalue weighted by Gasteiger charge is 2.16. The first-order valence-electron chi connectivity index (χ1n) is 4.85. The van der Waals surface area contributed by atoms with Crippen molar-refractivity contribution in [1.29, 1.82) is 0 Å². The first-order chi connectivity index (χ1) is 7.61. The Kier molecular flexibility index (Phi) is 2.94. The van der Waals surface area contributed by atoms with Gasteiger partial charge in [-0.25, -0.2) is 0 Å². The molecule has 5 heteroatoms. The van der Waals surface area contributed by atoms with Gasteiger partial charge in [-0.1, -0.05) is 36.4 Å². The second-order valence-corrected chi connectivity index (χ2v) is 3.54. The minimum absolute atomic E-state index is 0.347. The van der Waals surface area contributed by atoms with Crippen LogP contribution >= 0.6 is 0 Å². The summed E-state index contributed by atoms with van der Waals surface area (Å²) in [6.07, 6.45) is -1.57. The van der Waals surface area contributed by atoms with Gasteiger partial charge >= 0.3 is 7.12 Å². The van der Waals surface area contributed by atoms with Crippen LogP contribution in [-0.2, 0) is 0 Å².